The molecule has 188 valence electrons. The van der Waals surface area contributed by atoms with E-state index >= 15 is 0 Å². The molecule has 3 heterocycles. The molecule has 1 saturated heterocycles. The lowest BCUT2D eigenvalue weighted by Gasteiger charge is -2.35. The normalized spacial score (nSPS) is 17.0. The van der Waals surface area contributed by atoms with Crippen LogP contribution in [0.3, 0.4) is 0 Å². The van der Waals surface area contributed by atoms with Gasteiger partial charge in [0.05, 0.1) is 35.4 Å². The first-order valence-corrected chi connectivity index (χ1v) is 13.5. The second kappa shape index (κ2) is 9.90. The number of rotatable bonds is 7. The smallest absolute Gasteiger partial charge is 0.229 e. The Kier molecular flexibility index (Phi) is 7.09. The molecule has 10 nitrogen and oxygen atoms in total. The van der Waals surface area contributed by atoms with E-state index in [4.69, 9.17) is 9.47 Å². The lowest BCUT2D eigenvalue weighted by molar-refractivity contribution is -0.144. The van der Waals surface area contributed by atoms with E-state index in [1.54, 1.807) is 27.9 Å². The Morgan fingerprint density at radius 3 is 2.57 bits per heavy atom. The van der Waals surface area contributed by atoms with Crippen LogP contribution in [0.25, 0.3) is 16.7 Å². The van der Waals surface area contributed by atoms with E-state index in [0.29, 0.717) is 42.2 Å². The van der Waals surface area contributed by atoms with Crippen LogP contribution in [-0.4, -0.2) is 70.2 Å². The third-order valence-electron chi connectivity index (χ3n) is 5.71. The van der Waals surface area contributed by atoms with Gasteiger partial charge in [-0.25, -0.2) is 23.1 Å². The number of ether oxygens (including phenoxy) is 2. The fraction of sp³-hybridized carbons (Fsp3) is 0.500. The van der Waals surface area contributed by atoms with Gasteiger partial charge in [-0.3, -0.25) is 4.79 Å². The van der Waals surface area contributed by atoms with Gasteiger partial charge in [-0.15, -0.1) is 0 Å². The van der Waals surface area contributed by atoms with Gasteiger partial charge in [0.25, 0.3) is 0 Å². The molecule has 1 unspecified atom stereocenters. The maximum Gasteiger partial charge on any atom is 0.229 e. The van der Waals surface area contributed by atoms with E-state index in [1.165, 1.54) is 24.7 Å². The van der Waals surface area contributed by atoms with Crippen molar-refractivity contribution in [2.75, 3.05) is 19.4 Å². The first-order valence-electron chi connectivity index (χ1n) is 11.6. The van der Waals surface area contributed by atoms with E-state index < -0.39 is 16.1 Å². The van der Waals surface area contributed by atoms with E-state index in [-0.39, 0.29) is 22.8 Å². The summed E-state index contributed by atoms with van der Waals surface area (Å²) in [6.07, 6.45) is 6.62. The molecular formula is C24H31N5O5S. The Labute approximate surface area is 205 Å². The minimum atomic E-state index is -3.30. The number of carbonyl (C=O) groups excluding carboxylic acids is 1. The summed E-state index contributed by atoms with van der Waals surface area (Å²) in [5.74, 6) is 0.343. The molecule has 1 aliphatic heterocycles. The Hall–Kier alpha value is -3.05. The van der Waals surface area contributed by atoms with E-state index in [0.717, 1.165) is 12.8 Å². The van der Waals surface area contributed by atoms with Crippen LogP contribution in [0, 0.1) is 0 Å². The maximum atomic E-state index is 12.9. The van der Waals surface area contributed by atoms with Crippen LogP contribution >= 0.6 is 0 Å². The highest BCUT2D eigenvalue weighted by molar-refractivity contribution is 7.90. The maximum absolute atomic E-state index is 12.9. The topological polar surface area (TPSA) is 117 Å². The monoisotopic (exact) mass is 501 g/mol. The summed E-state index contributed by atoms with van der Waals surface area (Å²) in [4.78, 5) is 23.6. The number of hydrogen-bond donors (Lipinski definition) is 0. The predicted molar refractivity (Wildman–Crippen MR) is 130 cm³/mol. The minimum absolute atomic E-state index is 0.00842. The number of hydrogen-bond acceptors (Lipinski definition) is 8. The summed E-state index contributed by atoms with van der Waals surface area (Å²) in [5.41, 5.74) is 0.885. The molecule has 0 saturated carbocycles. The van der Waals surface area contributed by atoms with Crippen molar-refractivity contribution in [2.24, 2.45) is 0 Å². The van der Waals surface area contributed by atoms with Crippen LogP contribution in [0.1, 0.15) is 46.5 Å². The summed E-state index contributed by atoms with van der Waals surface area (Å²) in [7, 11) is -3.30. The predicted octanol–water partition coefficient (Wildman–Crippen LogP) is 3.14. The van der Waals surface area contributed by atoms with E-state index in [9.17, 15) is 13.2 Å². The van der Waals surface area contributed by atoms with Gasteiger partial charge < -0.3 is 14.4 Å². The summed E-state index contributed by atoms with van der Waals surface area (Å²) >= 11 is 0. The fourth-order valence-corrected chi connectivity index (χ4v) is 4.60. The highest BCUT2D eigenvalue weighted by atomic mass is 32.2. The fourth-order valence-electron chi connectivity index (χ4n) is 3.97. The van der Waals surface area contributed by atoms with Crippen molar-refractivity contribution in [1.29, 1.82) is 0 Å². The molecule has 1 aromatic carbocycles. The molecule has 1 amide bonds. The molecule has 1 fully saturated rings. The van der Waals surface area contributed by atoms with Crippen LogP contribution in [0.2, 0.25) is 0 Å². The molecule has 0 bridgehead atoms. The number of likely N-dealkylation sites (tertiary alicyclic amines) is 1. The van der Waals surface area contributed by atoms with E-state index in [2.05, 4.69) is 15.1 Å². The third-order valence-corrected chi connectivity index (χ3v) is 6.83. The van der Waals surface area contributed by atoms with Gasteiger partial charge in [-0.05, 0) is 57.9 Å². The quantitative estimate of drug-likeness (QED) is 0.485. The van der Waals surface area contributed by atoms with Crippen molar-refractivity contribution < 1.29 is 22.7 Å². The number of amides is 1. The van der Waals surface area contributed by atoms with Crippen LogP contribution in [0.15, 0.2) is 41.7 Å². The molecule has 11 heteroatoms. The Balaban J connectivity index is 1.54. The highest BCUT2D eigenvalue weighted by Crippen LogP contribution is 2.28. The summed E-state index contributed by atoms with van der Waals surface area (Å²) in [6.45, 7) is 6.87. The molecule has 0 N–H and O–H groups in total. The molecule has 0 aliphatic carbocycles. The van der Waals surface area contributed by atoms with Crippen molar-refractivity contribution in [3.05, 3.63) is 36.8 Å². The second-order valence-corrected chi connectivity index (χ2v) is 11.6. The standard InChI is InChI=1S/C24H31N5O5S/c1-24(2,3)33-14-12-20(30)28-13-6-5-7-21(28)34-23-19-15-27-29(22(19)25-16-26-23)17-8-10-18(11-9-17)35(4,31)32/h8-11,15-16,21H,5-7,12-14H2,1-4H3. The van der Waals surface area contributed by atoms with Crippen molar-refractivity contribution in [3.63, 3.8) is 0 Å². The lowest BCUT2D eigenvalue weighted by Crippen LogP contribution is -2.47. The van der Waals surface area contributed by atoms with Gasteiger partial charge in [0.15, 0.2) is 21.7 Å². The molecule has 1 atom stereocenters. The molecule has 0 radical (unpaired) electrons. The zero-order valence-electron chi connectivity index (χ0n) is 20.5. The van der Waals surface area contributed by atoms with Crippen LogP contribution < -0.4 is 4.74 Å². The lowest BCUT2D eigenvalue weighted by atomic mass is 10.1. The SMILES string of the molecule is CC(C)(C)OCCC(=O)N1CCCCC1Oc1ncnc2c1cnn2-c1ccc(S(C)(=O)=O)cc1. The van der Waals surface area contributed by atoms with Gasteiger partial charge in [0.2, 0.25) is 11.8 Å². The van der Waals surface area contributed by atoms with E-state index in [1.807, 2.05) is 20.8 Å². The Morgan fingerprint density at radius 1 is 1.14 bits per heavy atom. The van der Waals surface area contributed by atoms with Crippen molar-refractivity contribution >= 4 is 26.8 Å². The Bertz CT molecular complexity index is 1300. The van der Waals surface area contributed by atoms with Crippen LogP contribution in [0.5, 0.6) is 5.88 Å². The summed E-state index contributed by atoms with van der Waals surface area (Å²) in [5, 5.41) is 5.02. The third kappa shape index (κ3) is 5.96. The molecule has 2 aromatic heterocycles. The van der Waals surface area contributed by atoms with Crippen LogP contribution in [-0.2, 0) is 19.4 Å². The minimum Gasteiger partial charge on any atom is -0.453 e. The summed E-state index contributed by atoms with van der Waals surface area (Å²) < 4.78 is 37.1. The highest BCUT2D eigenvalue weighted by Gasteiger charge is 2.29. The van der Waals surface area contributed by atoms with Crippen LogP contribution in [0.4, 0.5) is 0 Å². The molecule has 4 rings (SSSR count). The number of piperidine rings is 1. The summed E-state index contributed by atoms with van der Waals surface area (Å²) in [6, 6.07) is 6.41. The van der Waals surface area contributed by atoms with Gasteiger partial charge in [-0.1, -0.05) is 0 Å². The zero-order valence-corrected chi connectivity index (χ0v) is 21.3. The average Bonchev–Trinajstić information content (AvgIpc) is 3.23. The first-order chi connectivity index (χ1) is 16.5. The number of aromatic nitrogens is 4. The molecule has 3 aromatic rings. The van der Waals surface area contributed by atoms with Crippen molar-refractivity contribution in [1.82, 2.24) is 24.6 Å². The molecule has 1 aliphatic rings. The number of fused-ring (bicyclic) bond motifs is 1. The van der Waals surface area contributed by atoms with Gasteiger partial charge in [0.1, 0.15) is 11.7 Å². The Morgan fingerprint density at radius 2 is 1.89 bits per heavy atom. The van der Waals surface area contributed by atoms with Crippen molar-refractivity contribution in [3.8, 4) is 11.6 Å². The van der Waals surface area contributed by atoms with Crippen molar-refractivity contribution in [2.45, 2.75) is 63.2 Å². The molecule has 0 spiro atoms. The number of nitrogens with zero attached hydrogens (tertiary/aromatic N) is 5. The first kappa shape index (κ1) is 25.1. The number of sulfone groups is 1. The second-order valence-electron chi connectivity index (χ2n) is 9.60. The van der Waals surface area contributed by atoms with Gasteiger partial charge in [0, 0.05) is 19.2 Å². The molecular weight excluding hydrogens is 470 g/mol. The molecule has 35 heavy (non-hydrogen) atoms. The number of carbonyl (C=O) groups is 1. The van der Waals surface area contributed by atoms with Gasteiger partial charge >= 0.3 is 0 Å². The van der Waals surface area contributed by atoms with Gasteiger partial charge in [-0.2, -0.15) is 5.10 Å². The largest absolute Gasteiger partial charge is 0.453 e. The zero-order chi connectivity index (χ0) is 25.2. The average molecular weight is 502 g/mol. The number of benzene rings is 1.